The fourth-order valence-corrected chi connectivity index (χ4v) is 6.76. The topological polar surface area (TPSA) is 109 Å². The molecule has 1 fully saturated rings. The average molecular weight is 560 g/mol. The van der Waals surface area contributed by atoms with E-state index < -0.39 is 40.9 Å². The number of aromatic nitrogens is 1. The summed E-state index contributed by atoms with van der Waals surface area (Å²) in [6, 6.07) is 9.62. The van der Waals surface area contributed by atoms with Crippen molar-refractivity contribution in [1.82, 2.24) is 14.8 Å². The van der Waals surface area contributed by atoms with E-state index in [1.807, 2.05) is 32.0 Å². The molecule has 0 saturated carbocycles. The van der Waals surface area contributed by atoms with Gasteiger partial charge in [-0.25, -0.2) is 8.78 Å². The standard InChI is InChI=1S/C31H31F2N5O3/c1-17(2)27-29(40)38-16-31(14-20(38)15-34)22-10-18(7-8-24(22)36-30(31)41)6-4-3-5-9-37(27)28(39)26-13-21-23(33)11-19(32)12-25(21)35-26/h7-8,10-13,17,20,27,35H,3-6,9,14,16H2,1-2H3,(H,36,41)/t20-,27-,31-/m0/s1. The molecule has 8 nitrogen and oxygen atoms in total. The predicted octanol–water partition coefficient (Wildman–Crippen LogP) is 4.65. The third-order valence-electron chi connectivity index (χ3n) is 8.80. The highest BCUT2D eigenvalue weighted by Gasteiger charge is 2.57. The number of carbonyl (C=O) groups is 3. The number of H-pyrrole nitrogens is 1. The molecule has 3 aromatic rings. The van der Waals surface area contributed by atoms with E-state index >= 15 is 0 Å². The van der Waals surface area contributed by atoms with Crippen LogP contribution in [0.1, 0.15) is 61.1 Å². The second kappa shape index (κ2) is 9.98. The fourth-order valence-electron chi connectivity index (χ4n) is 6.76. The van der Waals surface area contributed by atoms with E-state index in [1.165, 1.54) is 15.9 Å². The van der Waals surface area contributed by atoms with Crippen LogP contribution in [0.2, 0.25) is 0 Å². The highest BCUT2D eigenvalue weighted by molar-refractivity contribution is 6.08. The largest absolute Gasteiger partial charge is 0.350 e. The lowest BCUT2D eigenvalue weighted by Gasteiger charge is -2.37. The van der Waals surface area contributed by atoms with Crippen LogP contribution < -0.4 is 5.32 Å². The van der Waals surface area contributed by atoms with Crippen molar-refractivity contribution in [1.29, 1.82) is 5.26 Å². The number of hydrogen-bond acceptors (Lipinski definition) is 4. The normalized spacial score (nSPS) is 24.5. The van der Waals surface area contributed by atoms with Crippen molar-refractivity contribution in [3.63, 3.8) is 0 Å². The summed E-state index contributed by atoms with van der Waals surface area (Å²) in [7, 11) is 0. The van der Waals surface area contributed by atoms with Gasteiger partial charge in [0.25, 0.3) is 5.91 Å². The van der Waals surface area contributed by atoms with E-state index in [9.17, 15) is 28.4 Å². The number of nitriles is 1. The van der Waals surface area contributed by atoms with Crippen LogP contribution in [0.5, 0.6) is 0 Å². The fraction of sp³-hybridized carbons (Fsp3) is 0.419. The van der Waals surface area contributed by atoms with E-state index in [0.29, 0.717) is 12.1 Å². The SMILES string of the molecule is CC(C)[C@H]1C(=O)N2C[C@]3(C[C@H]2C#N)C(=O)Nc2ccc(cc23)CCCCCN1C(=O)c1cc2c(F)cc(F)cc2[nH]1. The van der Waals surface area contributed by atoms with Gasteiger partial charge in [-0.1, -0.05) is 32.4 Å². The minimum Gasteiger partial charge on any atom is -0.350 e. The maximum absolute atomic E-state index is 14.5. The van der Waals surface area contributed by atoms with Crippen molar-refractivity contribution in [2.45, 2.75) is 63.5 Å². The van der Waals surface area contributed by atoms with Crippen LogP contribution in [0, 0.1) is 28.9 Å². The van der Waals surface area contributed by atoms with E-state index in [0.717, 1.165) is 42.5 Å². The van der Waals surface area contributed by atoms with Crippen molar-refractivity contribution in [3.05, 3.63) is 64.9 Å². The number of aryl methyl sites for hydroxylation is 1. The summed E-state index contributed by atoms with van der Waals surface area (Å²) in [6.07, 6.45) is 3.22. The third kappa shape index (κ3) is 4.35. The highest BCUT2D eigenvalue weighted by Crippen LogP contribution is 2.47. The smallest absolute Gasteiger partial charge is 0.270 e. The zero-order valence-electron chi connectivity index (χ0n) is 23.0. The third-order valence-corrected chi connectivity index (χ3v) is 8.80. The quantitative estimate of drug-likeness (QED) is 0.476. The zero-order valence-corrected chi connectivity index (χ0v) is 23.0. The monoisotopic (exact) mass is 559 g/mol. The Hall–Kier alpha value is -4.26. The van der Waals surface area contributed by atoms with Crippen molar-refractivity contribution >= 4 is 34.3 Å². The Bertz CT molecular complexity index is 1630. The Balaban J connectivity index is 1.42. The Morgan fingerprint density at radius 2 is 1.93 bits per heavy atom. The number of hydrogen-bond donors (Lipinski definition) is 2. The molecular formula is C31H31F2N5O3. The summed E-state index contributed by atoms with van der Waals surface area (Å²) in [5, 5.41) is 13.2. The van der Waals surface area contributed by atoms with Crippen LogP contribution in [-0.4, -0.2) is 57.7 Å². The minimum atomic E-state index is -1.04. The molecule has 1 aromatic heterocycles. The van der Waals surface area contributed by atoms with Crippen LogP contribution in [0.3, 0.4) is 0 Å². The molecule has 0 radical (unpaired) electrons. The Morgan fingerprint density at radius 1 is 1.12 bits per heavy atom. The molecule has 3 amide bonds. The van der Waals surface area contributed by atoms with Gasteiger partial charge in [0.1, 0.15) is 29.4 Å². The number of nitrogens with zero attached hydrogens (tertiary/aromatic N) is 3. The zero-order chi connectivity index (χ0) is 29.1. The van der Waals surface area contributed by atoms with Gasteiger partial charge in [-0.2, -0.15) is 5.26 Å². The Labute approximate surface area is 236 Å². The first kappa shape index (κ1) is 26.9. The van der Waals surface area contributed by atoms with Gasteiger partial charge in [-0.15, -0.1) is 0 Å². The Kier molecular flexibility index (Phi) is 6.56. The van der Waals surface area contributed by atoms with E-state index in [2.05, 4.69) is 16.4 Å². The van der Waals surface area contributed by atoms with Gasteiger partial charge < -0.3 is 20.1 Å². The number of carbonyl (C=O) groups excluding carboxylic acids is 3. The van der Waals surface area contributed by atoms with E-state index in [-0.39, 0.29) is 47.9 Å². The van der Waals surface area contributed by atoms with Gasteiger partial charge >= 0.3 is 0 Å². The molecule has 4 bridgehead atoms. The molecule has 0 aliphatic carbocycles. The molecule has 212 valence electrons. The summed E-state index contributed by atoms with van der Waals surface area (Å²) in [4.78, 5) is 47.5. The van der Waals surface area contributed by atoms with Gasteiger partial charge in [0, 0.05) is 36.7 Å². The van der Waals surface area contributed by atoms with Crippen LogP contribution in [0.25, 0.3) is 10.9 Å². The van der Waals surface area contributed by atoms with Gasteiger partial charge in [0.05, 0.1) is 17.0 Å². The number of fused-ring (bicyclic) bond motifs is 3. The lowest BCUT2D eigenvalue weighted by atomic mass is 9.79. The van der Waals surface area contributed by atoms with Gasteiger partial charge in [-0.3, -0.25) is 14.4 Å². The summed E-state index contributed by atoms with van der Waals surface area (Å²) in [6.45, 7) is 3.97. The lowest BCUT2D eigenvalue weighted by molar-refractivity contribution is -0.138. The molecule has 3 aliphatic heterocycles. The summed E-state index contributed by atoms with van der Waals surface area (Å²) >= 11 is 0. The van der Waals surface area contributed by atoms with E-state index in [1.54, 1.807) is 0 Å². The summed E-state index contributed by atoms with van der Waals surface area (Å²) in [5.41, 5.74) is 1.76. The summed E-state index contributed by atoms with van der Waals surface area (Å²) < 4.78 is 28.3. The minimum absolute atomic E-state index is 0.0362. The molecule has 10 heteroatoms. The van der Waals surface area contributed by atoms with Crippen LogP contribution in [0.15, 0.2) is 36.4 Å². The molecule has 2 N–H and O–H groups in total. The molecule has 6 rings (SSSR count). The van der Waals surface area contributed by atoms with Gasteiger partial charge in [-0.05, 0) is 54.5 Å². The first-order valence-corrected chi connectivity index (χ1v) is 14.1. The van der Waals surface area contributed by atoms with Gasteiger partial charge in [0.15, 0.2) is 0 Å². The van der Waals surface area contributed by atoms with Crippen LogP contribution in [-0.2, 0) is 21.4 Å². The van der Waals surface area contributed by atoms with Crippen molar-refractivity contribution < 1.29 is 23.2 Å². The average Bonchev–Trinajstić information content (AvgIpc) is 3.61. The lowest BCUT2D eigenvalue weighted by Crippen LogP contribution is -2.55. The first-order valence-electron chi connectivity index (χ1n) is 14.1. The number of benzene rings is 2. The number of anilines is 1. The number of halogens is 2. The van der Waals surface area contributed by atoms with Gasteiger partial charge in [0.2, 0.25) is 11.8 Å². The number of amides is 3. The second-order valence-corrected chi connectivity index (χ2v) is 11.8. The summed E-state index contributed by atoms with van der Waals surface area (Å²) in [5.74, 6) is -3.02. The van der Waals surface area contributed by atoms with E-state index in [4.69, 9.17) is 0 Å². The molecule has 1 saturated heterocycles. The first-order chi connectivity index (χ1) is 19.6. The second-order valence-electron chi connectivity index (χ2n) is 11.8. The van der Waals surface area contributed by atoms with Crippen LogP contribution in [0.4, 0.5) is 14.5 Å². The van der Waals surface area contributed by atoms with Crippen molar-refractivity contribution in [2.24, 2.45) is 5.92 Å². The molecule has 3 atom stereocenters. The molecule has 41 heavy (non-hydrogen) atoms. The molecule has 2 aromatic carbocycles. The number of rotatable bonds is 2. The molecule has 3 aliphatic rings. The Morgan fingerprint density at radius 3 is 2.68 bits per heavy atom. The van der Waals surface area contributed by atoms with Crippen molar-refractivity contribution in [2.75, 3.05) is 18.4 Å². The maximum Gasteiger partial charge on any atom is 0.270 e. The van der Waals surface area contributed by atoms with Crippen molar-refractivity contribution in [3.8, 4) is 6.07 Å². The van der Waals surface area contributed by atoms with Crippen LogP contribution >= 0.6 is 0 Å². The molecular weight excluding hydrogens is 528 g/mol. The number of nitrogens with one attached hydrogen (secondary N) is 2. The predicted molar refractivity (Wildman–Crippen MR) is 148 cm³/mol. The number of aromatic amines is 1. The highest BCUT2D eigenvalue weighted by atomic mass is 19.1. The molecule has 0 unspecified atom stereocenters. The maximum atomic E-state index is 14.5. The molecule has 1 spiro atoms. The molecule has 4 heterocycles.